The molecule has 1 aliphatic rings. The number of para-hydroxylation sites is 2. The number of H-pyrrole nitrogens is 2. The van der Waals surface area contributed by atoms with Crippen molar-refractivity contribution in [3.63, 3.8) is 0 Å². The number of primary amides is 1. The summed E-state index contributed by atoms with van der Waals surface area (Å²) in [7, 11) is 0. The molecule has 34 nitrogen and oxygen atoms in total. The average Bonchev–Trinajstić information content (AvgIpc) is 1.63. The molecule has 13 amide bonds. The van der Waals surface area contributed by atoms with Crippen LogP contribution in [0, 0.1) is 17.8 Å². The van der Waals surface area contributed by atoms with Gasteiger partial charge in [-0.2, -0.15) is 0 Å². The van der Waals surface area contributed by atoms with E-state index in [-0.39, 0.29) is 76.2 Å². The number of aliphatic hydroxyl groups is 2. The van der Waals surface area contributed by atoms with Crippen molar-refractivity contribution in [2.45, 2.75) is 179 Å². The lowest BCUT2D eigenvalue weighted by Gasteiger charge is -2.30. The van der Waals surface area contributed by atoms with Crippen molar-refractivity contribution in [2.75, 3.05) is 37.7 Å². The van der Waals surface area contributed by atoms with E-state index in [0.717, 1.165) is 11.8 Å². The first-order valence-electron chi connectivity index (χ1n) is 36.1. The van der Waals surface area contributed by atoms with Gasteiger partial charge in [0.25, 0.3) is 0 Å². The number of unbranched alkanes of at least 4 members (excludes halogenated alkanes) is 1. The van der Waals surface area contributed by atoms with Gasteiger partial charge in [0.2, 0.25) is 76.8 Å². The summed E-state index contributed by atoms with van der Waals surface area (Å²) in [6.07, 6.45) is 1.83. The van der Waals surface area contributed by atoms with E-state index < -0.39 is 186 Å². The van der Waals surface area contributed by atoms with Crippen LogP contribution in [0.15, 0.2) is 96.2 Å². The summed E-state index contributed by atoms with van der Waals surface area (Å²) in [5.41, 5.74) is 25.9. The number of nitrogens with two attached hydrogens (primary N) is 4. The lowest BCUT2D eigenvalue weighted by Crippen LogP contribution is -2.62. The maximum atomic E-state index is 15.0. The van der Waals surface area contributed by atoms with Gasteiger partial charge < -0.3 is 107 Å². The smallest absolute Gasteiger partial charge is 0.245 e. The Morgan fingerprint density at radius 1 is 0.500 bits per heavy atom. The minimum Gasteiger partial charge on any atom is -0.394 e. The van der Waals surface area contributed by atoms with E-state index in [0.29, 0.717) is 44.9 Å². The quantitative estimate of drug-likeness (QED) is 0.0201. The molecule has 6 rings (SSSR count). The Labute approximate surface area is 630 Å². The summed E-state index contributed by atoms with van der Waals surface area (Å²) in [5, 5.41) is 54.5. The fourth-order valence-electron chi connectivity index (χ4n) is 12.0. The maximum Gasteiger partial charge on any atom is 0.245 e. The highest BCUT2D eigenvalue weighted by Gasteiger charge is 2.39. The molecule has 0 aliphatic carbocycles. The standard InChI is InChI=1S/C73H105N19O15S/c1-8-40(6)60-71(106)87-54(35-93)63(98)81-34-56(95)82-49(26-18-28-78-73(76)77)65(100)92-61(41(7)94)72(107)86-53(31-44-33-80-48-24-15-13-22-46(44)48)68(103)89-58(38(2)3)69(104)84-50(25-16-17-27-74)64(99)85-52(30-43-32-79-47-23-14-12-21-45(43)47)67(102)90-59(39(4)5)70(105)88-55(62(75)97)36-108-37-57(96)83-51(66(101)91-60)29-42-19-10-9-11-20-42/h9-15,19-24,32-33,38-41,49-55,58-61,79-80,93-94H,8,16-18,25-31,34-37,74H2,1-7H3,(H2,75,97)(H,81,98)(H,82,95)(H,83,96)(H,84,104)(H,85,99)(H,86,107)(H,87,106)(H,88,105)(H,89,103)(H,90,102)(H,91,101)(H,92,100)(H4,76,77,78)/t40-,41+,49+,50-,51-,52-,53-,54-,55-,58-,59-,60-,61-/m0/s1. The predicted molar refractivity (Wildman–Crippen MR) is 406 cm³/mol. The second-order valence-electron chi connectivity index (χ2n) is 27.5. The minimum absolute atomic E-state index is 0.0312. The third kappa shape index (κ3) is 26.1. The molecular formula is C73H105N19O15S. The third-order valence-electron chi connectivity index (χ3n) is 18.3. The number of nitrogens with zero attached hydrogens (tertiary/aromatic N) is 1. The molecule has 1 fully saturated rings. The highest BCUT2D eigenvalue weighted by molar-refractivity contribution is 8.00. The lowest BCUT2D eigenvalue weighted by molar-refractivity contribution is -0.137. The number of aliphatic hydroxyl groups excluding tert-OH is 2. The number of benzene rings is 3. The molecular weight excluding hydrogens is 1410 g/mol. The molecule has 0 radical (unpaired) electrons. The number of amides is 13. The zero-order chi connectivity index (χ0) is 79.3. The van der Waals surface area contributed by atoms with Crippen LogP contribution in [0.3, 0.4) is 0 Å². The van der Waals surface area contributed by atoms with Crippen molar-refractivity contribution < 1.29 is 72.5 Å². The number of hydrogen-bond donors (Lipinski definition) is 20. The number of carbonyl (C=O) groups is 13. The molecule has 24 N–H and O–H groups in total. The van der Waals surface area contributed by atoms with Crippen LogP contribution in [-0.4, -0.2) is 213 Å². The highest BCUT2D eigenvalue weighted by Crippen LogP contribution is 2.23. The van der Waals surface area contributed by atoms with Crippen LogP contribution >= 0.6 is 11.8 Å². The van der Waals surface area contributed by atoms with Gasteiger partial charge in [-0.1, -0.05) is 115 Å². The van der Waals surface area contributed by atoms with Crippen molar-refractivity contribution in [2.24, 2.45) is 45.7 Å². The Morgan fingerprint density at radius 3 is 1.47 bits per heavy atom. The van der Waals surface area contributed by atoms with Gasteiger partial charge in [0.15, 0.2) is 5.96 Å². The molecule has 1 saturated heterocycles. The molecule has 2 aromatic heterocycles. The molecule has 0 unspecified atom stereocenters. The fraction of sp³-hybridized carbons (Fsp3) is 0.507. The molecule has 0 saturated carbocycles. The summed E-state index contributed by atoms with van der Waals surface area (Å²) >= 11 is 0.869. The second-order valence-corrected chi connectivity index (χ2v) is 28.5. The van der Waals surface area contributed by atoms with Gasteiger partial charge in [-0.3, -0.25) is 67.3 Å². The SMILES string of the molecule is CC[C@H](C)[C@@H]1NC(=O)[C@H](Cc2ccccc2)NC(=O)CSC[C@@H](C(N)=O)NC(=O)[C@H](C(C)C)NC(=O)[C@H](Cc2c[nH]c3ccccc23)NC(=O)[C@H](CCCCN)NC(=O)[C@H](C(C)C)NC(=O)[C@H](Cc2c[nH]c3ccccc23)NC(=O)[C@H]([C@@H](C)O)NC(=O)[C@@H](CCCN=C(N)N)NC(=O)CNC(=O)[C@H](CO)NC1=O. The molecule has 35 heteroatoms. The monoisotopic (exact) mass is 1520 g/mol. The van der Waals surface area contributed by atoms with Crippen LogP contribution in [0.5, 0.6) is 0 Å². The van der Waals surface area contributed by atoms with Crippen LogP contribution in [-0.2, 0) is 81.6 Å². The van der Waals surface area contributed by atoms with E-state index in [1.165, 1.54) is 6.92 Å². The summed E-state index contributed by atoms with van der Waals surface area (Å²) in [4.78, 5) is 197. The van der Waals surface area contributed by atoms with Gasteiger partial charge in [-0.05, 0) is 92.1 Å². The molecule has 3 aromatic carbocycles. The lowest BCUT2D eigenvalue weighted by atomic mass is 9.96. The Bertz CT molecular complexity index is 3960. The van der Waals surface area contributed by atoms with Gasteiger partial charge in [0, 0.05) is 65.8 Å². The van der Waals surface area contributed by atoms with Crippen molar-refractivity contribution in [3.05, 3.63) is 108 Å². The fourth-order valence-corrected chi connectivity index (χ4v) is 12.9. The van der Waals surface area contributed by atoms with Crippen LogP contribution in [0.1, 0.15) is 104 Å². The van der Waals surface area contributed by atoms with E-state index in [1.807, 2.05) is 6.07 Å². The number of carbonyl (C=O) groups excluding carboxylic acids is 13. The molecule has 108 heavy (non-hydrogen) atoms. The zero-order valence-electron chi connectivity index (χ0n) is 61.8. The number of hydrogen-bond acceptors (Lipinski definition) is 18. The number of guanidine groups is 1. The van der Waals surface area contributed by atoms with Crippen LogP contribution < -0.4 is 86.7 Å². The Kier molecular flexibility index (Phi) is 34.1. The summed E-state index contributed by atoms with van der Waals surface area (Å²) in [6.45, 7) is 9.30. The van der Waals surface area contributed by atoms with Gasteiger partial charge in [-0.15, -0.1) is 11.8 Å². The Morgan fingerprint density at radius 2 is 0.944 bits per heavy atom. The average molecular weight is 1520 g/mol. The summed E-state index contributed by atoms with van der Waals surface area (Å²) in [5.74, 6) is -15.1. The van der Waals surface area contributed by atoms with Crippen LogP contribution in [0.2, 0.25) is 0 Å². The van der Waals surface area contributed by atoms with Gasteiger partial charge in [0.1, 0.15) is 66.5 Å². The van der Waals surface area contributed by atoms with Crippen LogP contribution in [0.25, 0.3) is 21.8 Å². The molecule has 0 bridgehead atoms. The zero-order valence-corrected chi connectivity index (χ0v) is 62.6. The summed E-state index contributed by atoms with van der Waals surface area (Å²) < 4.78 is 0. The number of aliphatic imine (C=N–C) groups is 1. The predicted octanol–water partition coefficient (Wildman–Crippen LogP) is -2.73. The van der Waals surface area contributed by atoms with Gasteiger partial charge in [0.05, 0.1) is 25.0 Å². The number of rotatable bonds is 21. The molecule has 3 heterocycles. The van der Waals surface area contributed by atoms with E-state index in [9.17, 15) is 67.7 Å². The van der Waals surface area contributed by atoms with Gasteiger partial charge in [-0.25, -0.2) is 0 Å². The van der Waals surface area contributed by atoms with E-state index >= 15 is 4.79 Å². The Hall–Kier alpha value is -10.6. The summed E-state index contributed by atoms with van der Waals surface area (Å²) in [6, 6.07) is 6.26. The molecule has 1 aliphatic heterocycles. The molecule has 0 spiro atoms. The number of aromatic amines is 2. The van der Waals surface area contributed by atoms with Gasteiger partial charge >= 0.3 is 0 Å². The van der Waals surface area contributed by atoms with E-state index in [1.54, 1.807) is 127 Å². The normalized spacial score (nSPS) is 23.9. The molecule has 5 aromatic rings. The number of thioether (sulfide) groups is 1. The topological polar surface area (TPSA) is 555 Å². The largest absolute Gasteiger partial charge is 0.394 e. The minimum atomic E-state index is -1.85. The number of fused-ring (bicyclic) bond motifs is 2. The maximum absolute atomic E-state index is 15.0. The van der Waals surface area contributed by atoms with Crippen molar-refractivity contribution in [3.8, 4) is 0 Å². The first kappa shape index (κ1) is 86.3. The second kappa shape index (κ2) is 42.6. The van der Waals surface area contributed by atoms with E-state index in [2.05, 4.69) is 78.8 Å². The first-order chi connectivity index (χ1) is 51.4. The molecule has 13 atom stereocenters. The van der Waals surface area contributed by atoms with Crippen molar-refractivity contribution >= 4 is 116 Å². The van der Waals surface area contributed by atoms with Crippen molar-refractivity contribution in [1.82, 2.24) is 73.8 Å². The first-order valence-corrected chi connectivity index (χ1v) is 37.2. The molecule has 588 valence electrons. The Balaban J connectivity index is 1.40. The third-order valence-corrected chi connectivity index (χ3v) is 19.4. The van der Waals surface area contributed by atoms with Crippen molar-refractivity contribution in [1.29, 1.82) is 0 Å². The highest BCUT2D eigenvalue weighted by atomic mass is 32.2. The van der Waals surface area contributed by atoms with E-state index in [4.69, 9.17) is 22.9 Å². The number of aromatic nitrogens is 2. The number of nitrogens with one attached hydrogen (secondary N) is 14. The van der Waals surface area contributed by atoms with Crippen LogP contribution in [0.4, 0.5) is 0 Å².